The summed E-state index contributed by atoms with van der Waals surface area (Å²) >= 11 is 0. The zero-order valence-electron chi connectivity index (χ0n) is 18.3. The van der Waals surface area contributed by atoms with E-state index in [1.165, 1.54) is 4.68 Å². The van der Waals surface area contributed by atoms with Crippen LogP contribution in [0.2, 0.25) is 0 Å². The molecule has 0 aliphatic carbocycles. The summed E-state index contributed by atoms with van der Waals surface area (Å²) in [6.07, 6.45) is 3.50. The Morgan fingerprint density at radius 3 is 2.32 bits per heavy atom. The lowest BCUT2D eigenvalue weighted by Crippen LogP contribution is -2.19. The molecule has 4 aromatic rings. The molecule has 0 aliphatic rings. The first-order chi connectivity index (χ1) is 14.8. The molecule has 7 nitrogen and oxygen atoms in total. The van der Waals surface area contributed by atoms with Gasteiger partial charge in [0.2, 0.25) is 0 Å². The molecule has 0 aliphatic heterocycles. The van der Waals surface area contributed by atoms with E-state index in [0.717, 1.165) is 33.5 Å². The normalized spacial score (nSPS) is 10.9. The number of aromatic nitrogens is 5. The Kier molecular flexibility index (Phi) is 5.33. The minimum atomic E-state index is -0.314. The number of aryl methyl sites for hydroxylation is 5. The number of carbonyl (C=O) groups is 1. The molecule has 0 unspecified atom stereocenters. The maximum Gasteiger partial charge on any atom is 0.275 e. The number of anilines is 1. The molecule has 0 saturated heterocycles. The molecular formula is C24H24N6O. The van der Waals surface area contributed by atoms with E-state index < -0.39 is 0 Å². The third-order valence-corrected chi connectivity index (χ3v) is 5.24. The zero-order valence-corrected chi connectivity index (χ0v) is 18.3. The van der Waals surface area contributed by atoms with Gasteiger partial charge in [-0.05, 0) is 62.9 Å². The molecule has 1 N–H and O–H groups in total. The molecule has 3 aromatic heterocycles. The summed E-state index contributed by atoms with van der Waals surface area (Å²) in [7, 11) is 0. The van der Waals surface area contributed by atoms with Gasteiger partial charge in [-0.1, -0.05) is 30.3 Å². The highest BCUT2D eigenvalue weighted by Gasteiger charge is 2.19. The van der Waals surface area contributed by atoms with Gasteiger partial charge in [0.1, 0.15) is 11.5 Å². The van der Waals surface area contributed by atoms with Crippen molar-refractivity contribution in [2.75, 3.05) is 5.32 Å². The van der Waals surface area contributed by atoms with E-state index >= 15 is 0 Å². The van der Waals surface area contributed by atoms with Gasteiger partial charge in [-0.15, -0.1) is 0 Å². The monoisotopic (exact) mass is 412 g/mol. The standard InChI is InChI=1S/C24H24N6O/c1-14-8-6-7-9-20(14)19-12-25-24(26-13-19)30-21(11-17(4)29-30)23(31)28-22-16(3)10-15(2)18(5)27-22/h6-13H,1-5H3,(H,27,28,31). The third-order valence-electron chi connectivity index (χ3n) is 5.24. The summed E-state index contributed by atoms with van der Waals surface area (Å²) in [4.78, 5) is 26.5. The van der Waals surface area contributed by atoms with Crippen LogP contribution in [0.1, 0.15) is 38.6 Å². The first kappa shape index (κ1) is 20.4. The number of carbonyl (C=O) groups excluding carboxylic acids is 1. The van der Waals surface area contributed by atoms with Gasteiger partial charge < -0.3 is 5.32 Å². The molecular weight excluding hydrogens is 388 g/mol. The summed E-state index contributed by atoms with van der Waals surface area (Å²) in [6, 6.07) is 11.8. The largest absolute Gasteiger partial charge is 0.305 e. The van der Waals surface area contributed by atoms with Crippen molar-refractivity contribution in [3.8, 4) is 17.1 Å². The molecule has 4 rings (SSSR count). The molecule has 0 bridgehead atoms. The molecule has 7 heteroatoms. The molecule has 0 radical (unpaired) electrons. The second-order valence-corrected chi connectivity index (χ2v) is 7.68. The molecule has 1 aromatic carbocycles. The number of benzene rings is 1. The van der Waals surface area contributed by atoms with E-state index in [9.17, 15) is 4.79 Å². The zero-order chi connectivity index (χ0) is 22.1. The predicted octanol–water partition coefficient (Wildman–Crippen LogP) is 4.52. The lowest BCUT2D eigenvalue weighted by atomic mass is 10.0. The van der Waals surface area contributed by atoms with Gasteiger partial charge in [0.25, 0.3) is 11.9 Å². The van der Waals surface area contributed by atoms with Gasteiger partial charge in [0.15, 0.2) is 0 Å². The Morgan fingerprint density at radius 2 is 1.61 bits per heavy atom. The maximum atomic E-state index is 13.0. The minimum Gasteiger partial charge on any atom is -0.305 e. The van der Waals surface area contributed by atoms with Crippen LogP contribution in [0.15, 0.2) is 48.8 Å². The fourth-order valence-electron chi connectivity index (χ4n) is 3.42. The molecule has 0 spiro atoms. The molecule has 3 heterocycles. The van der Waals surface area contributed by atoms with E-state index in [1.807, 2.05) is 65.0 Å². The maximum absolute atomic E-state index is 13.0. The van der Waals surface area contributed by atoms with Crippen molar-refractivity contribution < 1.29 is 4.79 Å². The van der Waals surface area contributed by atoms with Crippen LogP contribution in [0.25, 0.3) is 17.1 Å². The first-order valence-corrected chi connectivity index (χ1v) is 10.0. The summed E-state index contributed by atoms with van der Waals surface area (Å²) in [6.45, 7) is 9.71. The Hall–Kier alpha value is -3.87. The smallest absolute Gasteiger partial charge is 0.275 e. The number of nitrogens with zero attached hydrogens (tertiary/aromatic N) is 5. The van der Waals surface area contributed by atoms with Crippen LogP contribution in [0.5, 0.6) is 0 Å². The van der Waals surface area contributed by atoms with Gasteiger partial charge in [0, 0.05) is 23.7 Å². The summed E-state index contributed by atoms with van der Waals surface area (Å²) < 4.78 is 1.46. The number of hydrogen-bond acceptors (Lipinski definition) is 5. The minimum absolute atomic E-state index is 0.314. The highest BCUT2D eigenvalue weighted by molar-refractivity contribution is 6.03. The van der Waals surface area contributed by atoms with Gasteiger partial charge in [-0.25, -0.2) is 15.0 Å². The van der Waals surface area contributed by atoms with Crippen molar-refractivity contribution in [3.05, 3.63) is 82.6 Å². The highest BCUT2D eigenvalue weighted by Crippen LogP contribution is 2.22. The molecule has 0 saturated carbocycles. The molecule has 0 atom stereocenters. The van der Waals surface area contributed by atoms with Crippen LogP contribution < -0.4 is 5.32 Å². The molecule has 31 heavy (non-hydrogen) atoms. The Morgan fingerprint density at radius 1 is 0.903 bits per heavy atom. The lowest BCUT2D eigenvalue weighted by molar-refractivity contribution is 0.101. The number of rotatable bonds is 4. The van der Waals surface area contributed by atoms with Crippen molar-refractivity contribution in [2.45, 2.75) is 34.6 Å². The van der Waals surface area contributed by atoms with Gasteiger partial charge in [-0.2, -0.15) is 9.78 Å². The van der Waals surface area contributed by atoms with Crippen molar-refractivity contribution >= 4 is 11.7 Å². The summed E-state index contributed by atoms with van der Waals surface area (Å²) in [5, 5.41) is 7.32. The van der Waals surface area contributed by atoms with Crippen molar-refractivity contribution in [1.29, 1.82) is 0 Å². The van der Waals surface area contributed by atoms with Crippen molar-refractivity contribution in [2.24, 2.45) is 0 Å². The van der Waals surface area contributed by atoms with Crippen LogP contribution in [-0.4, -0.2) is 30.6 Å². The summed E-state index contributed by atoms with van der Waals surface area (Å²) in [5.41, 5.74) is 7.02. The summed E-state index contributed by atoms with van der Waals surface area (Å²) in [5.74, 6) is 0.556. The van der Waals surface area contributed by atoms with Gasteiger partial charge in [-0.3, -0.25) is 4.79 Å². The fourth-order valence-corrected chi connectivity index (χ4v) is 3.42. The van der Waals surface area contributed by atoms with Crippen molar-refractivity contribution in [3.63, 3.8) is 0 Å². The number of hydrogen-bond donors (Lipinski definition) is 1. The average molecular weight is 412 g/mol. The Bertz CT molecular complexity index is 1270. The van der Waals surface area contributed by atoms with Crippen LogP contribution in [-0.2, 0) is 0 Å². The second-order valence-electron chi connectivity index (χ2n) is 7.68. The van der Waals surface area contributed by atoms with E-state index in [4.69, 9.17) is 0 Å². The number of amides is 1. The van der Waals surface area contributed by atoms with Gasteiger partial charge in [0.05, 0.1) is 5.69 Å². The quantitative estimate of drug-likeness (QED) is 0.533. The number of nitrogens with one attached hydrogen (secondary N) is 1. The van der Waals surface area contributed by atoms with E-state index in [2.05, 4.69) is 25.4 Å². The topological polar surface area (TPSA) is 85.6 Å². The Labute approximate surface area is 181 Å². The van der Waals surface area contributed by atoms with Crippen LogP contribution in [0, 0.1) is 34.6 Å². The highest BCUT2D eigenvalue weighted by atomic mass is 16.2. The van der Waals surface area contributed by atoms with E-state index in [1.54, 1.807) is 18.5 Å². The average Bonchev–Trinajstić information content (AvgIpc) is 3.14. The van der Waals surface area contributed by atoms with E-state index in [-0.39, 0.29) is 5.91 Å². The van der Waals surface area contributed by atoms with E-state index in [0.29, 0.717) is 23.2 Å². The predicted molar refractivity (Wildman–Crippen MR) is 120 cm³/mol. The third kappa shape index (κ3) is 4.07. The fraction of sp³-hybridized carbons (Fsp3) is 0.208. The van der Waals surface area contributed by atoms with Crippen molar-refractivity contribution in [1.82, 2.24) is 24.7 Å². The second kappa shape index (κ2) is 8.10. The molecule has 1 amide bonds. The first-order valence-electron chi connectivity index (χ1n) is 10.0. The molecule has 156 valence electrons. The number of pyridine rings is 1. The van der Waals surface area contributed by atoms with Crippen LogP contribution >= 0.6 is 0 Å². The SMILES string of the molecule is Cc1cc(C(=O)Nc2nc(C)c(C)cc2C)n(-c2ncc(-c3ccccc3C)cn2)n1. The molecule has 0 fully saturated rings. The van der Waals surface area contributed by atoms with Gasteiger partial charge >= 0.3 is 0 Å². The lowest BCUT2D eigenvalue weighted by Gasteiger charge is -2.11. The Balaban J connectivity index is 1.65. The van der Waals surface area contributed by atoms with Crippen LogP contribution in [0.3, 0.4) is 0 Å². The van der Waals surface area contributed by atoms with Crippen LogP contribution in [0.4, 0.5) is 5.82 Å².